The third kappa shape index (κ3) is 3.95. The van der Waals surface area contributed by atoms with Crippen LogP contribution in [-0.2, 0) is 26.5 Å². The van der Waals surface area contributed by atoms with E-state index < -0.39 is 0 Å². The number of hydrogen-bond acceptors (Lipinski definition) is 2. The van der Waals surface area contributed by atoms with Gasteiger partial charge in [-0.3, -0.25) is 0 Å². The van der Waals surface area contributed by atoms with Gasteiger partial charge in [0.05, 0.1) is 13.2 Å². The Kier molecular flexibility index (Phi) is 6.12. The SMILES string of the molecule is [Fe+2].c1cc[c-](C2OCCO2)c1.c1cc[cH-]c1. The van der Waals surface area contributed by atoms with Gasteiger partial charge in [0, 0.05) is 0 Å². The zero-order valence-electron chi connectivity index (χ0n) is 8.86. The topological polar surface area (TPSA) is 18.5 Å². The van der Waals surface area contributed by atoms with Crippen molar-refractivity contribution in [3.8, 4) is 0 Å². The molecular formula is C13H14FeO2. The molecule has 86 valence electrons. The molecule has 0 amide bonds. The molecule has 0 spiro atoms. The van der Waals surface area contributed by atoms with Crippen LogP contribution in [0.15, 0.2) is 54.6 Å². The largest absolute Gasteiger partial charge is 2.00 e. The molecule has 2 nitrogen and oxygen atoms in total. The molecule has 3 heteroatoms. The van der Waals surface area contributed by atoms with E-state index in [9.17, 15) is 0 Å². The van der Waals surface area contributed by atoms with Crippen LogP contribution in [0.5, 0.6) is 0 Å². The molecule has 0 unspecified atom stereocenters. The van der Waals surface area contributed by atoms with Gasteiger partial charge in [-0.25, -0.2) is 24.3 Å². The van der Waals surface area contributed by atoms with E-state index in [-0.39, 0.29) is 23.4 Å². The molecule has 0 radical (unpaired) electrons. The van der Waals surface area contributed by atoms with E-state index in [1.807, 2.05) is 54.6 Å². The molecule has 16 heavy (non-hydrogen) atoms. The summed E-state index contributed by atoms with van der Waals surface area (Å²) in [6.07, 6.45) is -0.102. The van der Waals surface area contributed by atoms with E-state index in [4.69, 9.17) is 9.47 Å². The first-order valence-electron chi connectivity index (χ1n) is 5.08. The maximum Gasteiger partial charge on any atom is 2.00 e. The Morgan fingerprint density at radius 2 is 1.50 bits per heavy atom. The minimum atomic E-state index is -0.102. The van der Waals surface area contributed by atoms with Gasteiger partial charge >= 0.3 is 17.1 Å². The zero-order valence-corrected chi connectivity index (χ0v) is 9.96. The Hall–Kier alpha value is -0.861. The van der Waals surface area contributed by atoms with Crippen molar-refractivity contribution in [1.29, 1.82) is 0 Å². The van der Waals surface area contributed by atoms with Gasteiger partial charge in [-0.05, 0) is 0 Å². The van der Waals surface area contributed by atoms with E-state index in [1.165, 1.54) is 0 Å². The second-order valence-corrected chi connectivity index (χ2v) is 3.25. The summed E-state index contributed by atoms with van der Waals surface area (Å²) >= 11 is 0. The van der Waals surface area contributed by atoms with Crippen LogP contribution in [0.4, 0.5) is 0 Å². The van der Waals surface area contributed by atoms with Gasteiger partial charge in [0.2, 0.25) is 0 Å². The van der Waals surface area contributed by atoms with Crippen molar-refractivity contribution in [3.63, 3.8) is 0 Å². The molecule has 0 aliphatic carbocycles. The summed E-state index contributed by atoms with van der Waals surface area (Å²) in [5.74, 6) is 0. The fourth-order valence-corrected chi connectivity index (χ4v) is 1.42. The summed E-state index contributed by atoms with van der Waals surface area (Å²) < 4.78 is 10.6. The van der Waals surface area contributed by atoms with Crippen LogP contribution in [0.25, 0.3) is 0 Å². The Labute approximate surface area is 106 Å². The van der Waals surface area contributed by atoms with Crippen LogP contribution in [0.3, 0.4) is 0 Å². The van der Waals surface area contributed by atoms with Gasteiger partial charge in [-0.2, -0.15) is 30.3 Å². The average molecular weight is 258 g/mol. The summed E-state index contributed by atoms with van der Waals surface area (Å²) in [5.41, 5.74) is 1.12. The Morgan fingerprint density at radius 1 is 0.938 bits per heavy atom. The molecule has 0 N–H and O–H groups in total. The first kappa shape index (κ1) is 13.2. The number of hydrogen-bond donors (Lipinski definition) is 0. The van der Waals surface area contributed by atoms with Gasteiger partial charge in [0.25, 0.3) is 0 Å². The molecule has 1 aliphatic heterocycles. The smallest absolute Gasteiger partial charge is 0.357 e. The molecule has 1 saturated heterocycles. The second kappa shape index (κ2) is 7.42. The van der Waals surface area contributed by atoms with Crippen LogP contribution in [0.1, 0.15) is 11.9 Å². The second-order valence-electron chi connectivity index (χ2n) is 3.25. The van der Waals surface area contributed by atoms with Crippen LogP contribution < -0.4 is 0 Å². The monoisotopic (exact) mass is 258 g/mol. The van der Waals surface area contributed by atoms with Crippen molar-refractivity contribution in [2.75, 3.05) is 13.2 Å². The maximum absolute atomic E-state index is 5.28. The van der Waals surface area contributed by atoms with E-state index in [0.717, 1.165) is 18.8 Å². The minimum Gasteiger partial charge on any atom is -0.357 e. The Morgan fingerprint density at radius 3 is 1.94 bits per heavy atom. The normalized spacial score (nSPS) is 15.0. The average Bonchev–Trinajstić information content (AvgIpc) is 3.06. The maximum atomic E-state index is 5.28. The van der Waals surface area contributed by atoms with Crippen molar-refractivity contribution in [2.24, 2.45) is 0 Å². The number of ether oxygens (including phenoxy) is 2. The van der Waals surface area contributed by atoms with Crippen molar-refractivity contribution in [3.05, 3.63) is 60.2 Å². The molecular weight excluding hydrogens is 244 g/mol. The van der Waals surface area contributed by atoms with E-state index in [0.29, 0.717) is 0 Å². The van der Waals surface area contributed by atoms with Crippen LogP contribution >= 0.6 is 0 Å². The fraction of sp³-hybridized carbons (Fsp3) is 0.231. The van der Waals surface area contributed by atoms with Crippen molar-refractivity contribution in [1.82, 2.24) is 0 Å². The molecule has 0 atom stereocenters. The summed E-state index contributed by atoms with van der Waals surface area (Å²) in [6.45, 7) is 1.44. The van der Waals surface area contributed by atoms with Crippen molar-refractivity contribution >= 4 is 0 Å². The molecule has 2 aromatic carbocycles. The van der Waals surface area contributed by atoms with E-state index in [2.05, 4.69) is 0 Å². The minimum absolute atomic E-state index is 0. The molecule has 0 aromatic heterocycles. The zero-order chi connectivity index (χ0) is 10.3. The van der Waals surface area contributed by atoms with Gasteiger partial charge in [0.1, 0.15) is 6.29 Å². The molecule has 1 aliphatic rings. The Bertz CT molecular complexity index is 317. The van der Waals surface area contributed by atoms with Gasteiger partial charge in [-0.1, -0.05) is 0 Å². The fourth-order valence-electron chi connectivity index (χ4n) is 1.42. The van der Waals surface area contributed by atoms with Crippen LogP contribution in [0, 0.1) is 0 Å². The quantitative estimate of drug-likeness (QED) is 0.578. The summed E-state index contributed by atoms with van der Waals surface area (Å²) in [5, 5.41) is 0. The van der Waals surface area contributed by atoms with E-state index >= 15 is 0 Å². The predicted molar refractivity (Wildman–Crippen MR) is 58.7 cm³/mol. The van der Waals surface area contributed by atoms with Gasteiger partial charge < -0.3 is 9.47 Å². The summed E-state index contributed by atoms with van der Waals surface area (Å²) in [7, 11) is 0. The third-order valence-corrected chi connectivity index (χ3v) is 2.14. The summed E-state index contributed by atoms with van der Waals surface area (Å²) in [6, 6.07) is 18.0. The first-order chi connectivity index (χ1) is 7.47. The van der Waals surface area contributed by atoms with Gasteiger partial charge in [-0.15, -0.1) is 5.56 Å². The third-order valence-electron chi connectivity index (χ3n) is 2.14. The predicted octanol–water partition coefficient (Wildman–Crippen LogP) is 2.85. The summed E-state index contributed by atoms with van der Waals surface area (Å²) in [4.78, 5) is 0. The molecule has 0 bridgehead atoms. The Balaban J connectivity index is 0.000000183. The van der Waals surface area contributed by atoms with Crippen molar-refractivity contribution in [2.45, 2.75) is 6.29 Å². The van der Waals surface area contributed by atoms with Gasteiger partial charge in [0.15, 0.2) is 0 Å². The molecule has 1 fully saturated rings. The van der Waals surface area contributed by atoms with Crippen molar-refractivity contribution < 1.29 is 26.5 Å². The van der Waals surface area contributed by atoms with E-state index in [1.54, 1.807) is 0 Å². The standard InChI is InChI=1S/C8H9O2.C5H5.Fe/c1-2-4-7(3-1)8-9-5-6-10-8;1-2-4-5-3-1;/h1-4,8H,5-6H2;1-5H;/q2*-1;+2. The number of rotatable bonds is 1. The van der Waals surface area contributed by atoms with Crippen LogP contribution in [-0.4, -0.2) is 13.2 Å². The molecule has 0 saturated carbocycles. The first-order valence-corrected chi connectivity index (χ1v) is 5.08. The molecule has 3 rings (SSSR count). The molecule has 2 aromatic rings. The molecule has 1 heterocycles. The van der Waals surface area contributed by atoms with Crippen LogP contribution in [0.2, 0.25) is 0 Å².